The third-order valence-electron chi connectivity index (χ3n) is 6.11. The lowest BCUT2D eigenvalue weighted by Crippen LogP contribution is -2.50. The zero-order valence-electron chi connectivity index (χ0n) is 14.5. The second-order valence-corrected chi connectivity index (χ2v) is 7.63. The number of H-pyrrole nitrogens is 1. The Bertz CT molecular complexity index is 888. The van der Waals surface area contributed by atoms with E-state index in [4.69, 9.17) is 0 Å². The van der Waals surface area contributed by atoms with Gasteiger partial charge in [0.25, 0.3) is 5.91 Å². The molecule has 1 aromatic carbocycles. The maximum absolute atomic E-state index is 13.0. The van der Waals surface area contributed by atoms with Crippen molar-refractivity contribution in [2.75, 3.05) is 13.1 Å². The summed E-state index contributed by atoms with van der Waals surface area (Å²) in [4.78, 5) is 30.7. The van der Waals surface area contributed by atoms with E-state index >= 15 is 0 Å². The van der Waals surface area contributed by atoms with Crippen LogP contribution in [0.25, 0.3) is 10.9 Å². The number of aliphatic hydroxyl groups is 1. The van der Waals surface area contributed by atoms with Crippen LogP contribution in [0.4, 0.5) is 0 Å². The van der Waals surface area contributed by atoms with Gasteiger partial charge < -0.3 is 15.0 Å². The number of pyridine rings is 1. The summed E-state index contributed by atoms with van der Waals surface area (Å²) in [5, 5.41) is 10.9. The van der Waals surface area contributed by atoms with Crippen molar-refractivity contribution in [1.82, 2.24) is 9.88 Å². The lowest BCUT2D eigenvalue weighted by molar-refractivity contribution is -0.00540. The van der Waals surface area contributed by atoms with Crippen molar-refractivity contribution in [1.29, 1.82) is 0 Å². The van der Waals surface area contributed by atoms with Crippen LogP contribution in [0.1, 0.15) is 48.0 Å². The molecule has 1 aliphatic heterocycles. The first-order chi connectivity index (χ1) is 12.0. The molecule has 25 heavy (non-hydrogen) atoms. The van der Waals surface area contributed by atoms with E-state index in [1.54, 1.807) is 17.2 Å². The number of carbonyl (C=O) groups excluding carboxylic acids is 1. The number of fused-ring (bicyclic) bond motifs is 1. The summed E-state index contributed by atoms with van der Waals surface area (Å²) in [5.74, 6) is -0.220. The molecular formula is C20H24N2O3. The quantitative estimate of drug-likeness (QED) is 0.838. The molecule has 1 amide bonds. The second-order valence-electron chi connectivity index (χ2n) is 7.63. The molecule has 4 rings (SSSR count). The first-order valence-corrected chi connectivity index (χ1v) is 9.10. The van der Waals surface area contributed by atoms with Crippen molar-refractivity contribution in [2.45, 2.75) is 45.1 Å². The topological polar surface area (TPSA) is 73.4 Å². The molecule has 0 radical (unpaired) electrons. The Hall–Kier alpha value is -2.14. The lowest BCUT2D eigenvalue weighted by Gasteiger charge is -2.42. The van der Waals surface area contributed by atoms with Crippen molar-refractivity contribution in [2.24, 2.45) is 5.41 Å². The third kappa shape index (κ3) is 2.58. The standard InChI is InChI=1S/C20H24N2O3/c1-13-5-2-6-14-17(13)21-11-15(18(14)24)19(25)22-10-4-9-20(12-22)8-3-7-16(20)23/h2,5-6,11,16,23H,3-4,7-10,12H2,1H3,(H,21,24)/t16-,20-/m1/s1. The summed E-state index contributed by atoms with van der Waals surface area (Å²) < 4.78 is 0. The zero-order chi connectivity index (χ0) is 17.6. The first kappa shape index (κ1) is 16.3. The fourth-order valence-electron chi connectivity index (χ4n) is 4.66. The van der Waals surface area contributed by atoms with Gasteiger partial charge in [-0.1, -0.05) is 18.6 Å². The Morgan fingerprint density at radius 1 is 1.32 bits per heavy atom. The van der Waals surface area contributed by atoms with Crippen LogP contribution in [-0.4, -0.2) is 40.1 Å². The van der Waals surface area contributed by atoms with Gasteiger partial charge >= 0.3 is 0 Å². The van der Waals surface area contributed by atoms with Crippen molar-refractivity contribution in [3.05, 3.63) is 45.7 Å². The van der Waals surface area contributed by atoms with Crippen LogP contribution in [0.3, 0.4) is 0 Å². The molecule has 2 N–H and O–H groups in total. The number of amides is 1. The first-order valence-electron chi connectivity index (χ1n) is 9.10. The Morgan fingerprint density at radius 2 is 2.12 bits per heavy atom. The summed E-state index contributed by atoms with van der Waals surface area (Å²) >= 11 is 0. The van der Waals surface area contributed by atoms with Gasteiger partial charge in [0.05, 0.1) is 11.6 Å². The molecule has 1 spiro atoms. The number of hydrogen-bond donors (Lipinski definition) is 2. The van der Waals surface area contributed by atoms with Crippen LogP contribution >= 0.6 is 0 Å². The van der Waals surface area contributed by atoms with E-state index in [2.05, 4.69) is 4.98 Å². The molecule has 132 valence electrons. The molecule has 2 atom stereocenters. The average molecular weight is 340 g/mol. The predicted molar refractivity (Wildman–Crippen MR) is 96.7 cm³/mol. The van der Waals surface area contributed by atoms with Gasteiger partial charge in [-0.15, -0.1) is 0 Å². The van der Waals surface area contributed by atoms with Crippen LogP contribution in [0.5, 0.6) is 0 Å². The predicted octanol–water partition coefficient (Wildman–Crippen LogP) is 2.60. The van der Waals surface area contributed by atoms with Crippen LogP contribution < -0.4 is 5.43 Å². The molecule has 1 aromatic heterocycles. The van der Waals surface area contributed by atoms with Gasteiger partial charge in [-0.25, -0.2) is 0 Å². The van der Waals surface area contributed by atoms with E-state index in [9.17, 15) is 14.7 Å². The van der Waals surface area contributed by atoms with E-state index in [1.165, 1.54) is 0 Å². The molecule has 0 unspecified atom stereocenters. The summed E-state index contributed by atoms with van der Waals surface area (Å²) in [6.07, 6.45) is 5.85. The molecule has 5 heteroatoms. The molecule has 2 aliphatic rings. The van der Waals surface area contributed by atoms with Gasteiger partial charge in [0.1, 0.15) is 5.56 Å². The number of para-hydroxylation sites is 1. The van der Waals surface area contributed by atoms with E-state index < -0.39 is 0 Å². The minimum atomic E-state index is -0.333. The van der Waals surface area contributed by atoms with Crippen molar-refractivity contribution in [3.63, 3.8) is 0 Å². The average Bonchev–Trinajstić information content (AvgIpc) is 2.95. The number of nitrogens with zero attached hydrogens (tertiary/aromatic N) is 1. The Balaban J connectivity index is 1.68. The normalized spacial score (nSPS) is 26.5. The summed E-state index contributed by atoms with van der Waals surface area (Å²) in [7, 11) is 0. The second kappa shape index (κ2) is 5.99. The van der Waals surface area contributed by atoms with Crippen molar-refractivity contribution >= 4 is 16.8 Å². The van der Waals surface area contributed by atoms with Crippen LogP contribution in [-0.2, 0) is 0 Å². The van der Waals surface area contributed by atoms with E-state index in [-0.39, 0.29) is 28.4 Å². The number of nitrogens with one attached hydrogen (secondary N) is 1. The van der Waals surface area contributed by atoms with E-state index in [0.29, 0.717) is 18.5 Å². The molecule has 1 aliphatic carbocycles. The Labute approximate surface area is 146 Å². The van der Waals surface area contributed by atoms with Gasteiger partial charge in [-0.05, 0) is 44.2 Å². The minimum Gasteiger partial charge on any atom is -0.392 e. The number of aromatic amines is 1. The largest absolute Gasteiger partial charge is 0.392 e. The lowest BCUT2D eigenvalue weighted by atomic mass is 9.76. The Kier molecular flexibility index (Phi) is 3.91. The summed E-state index contributed by atoms with van der Waals surface area (Å²) in [5.41, 5.74) is 1.58. The molecule has 1 saturated carbocycles. The van der Waals surface area contributed by atoms with Gasteiger partial charge in [0.2, 0.25) is 5.43 Å². The minimum absolute atomic E-state index is 0.173. The number of aryl methyl sites for hydroxylation is 1. The number of piperidine rings is 1. The fourth-order valence-corrected chi connectivity index (χ4v) is 4.66. The molecule has 1 saturated heterocycles. The molecule has 2 heterocycles. The molecule has 2 aromatic rings. The highest BCUT2D eigenvalue weighted by atomic mass is 16.3. The van der Waals surface area contributed by atoms with Gasteiger partial charge in [-0.2, -0.15) is 0 Å². The van der Waals surface area contributed by atoms with Crippen molar-refractivity contribution in [3.8, 4) is 0 Å². The number of aromatic nitrogens is 1. The number of hydrogen-bond acceptors (Lipinski definition) is 3. The fraction of sp³-hybridized carbons (Fsp3) is 0.500. The Morgan fingerprint density at radius 3 is 2.88 bits per heavy atom. The van der Waals surface area contributed by atoms with Gasteiger partial charge in [-0.3, -0.25) is 9.59 Å². The number of aliphatic hydroxyl groups excluding tert-OH is 1. The maximum Gasteiger partial charge on any atom is 0.259 e. The van der Waals surface area contributed by atoms with Crippen LogP contribution in [0, 0.1) is 12.3 Å². The molecular weight excluding hydrogens is 316 g/mol. The highest BCUT2D eigenvalue weighted by Crippen LogP contribution is 2.45. The number of carbonyl (C=O) groups is 1. The van der Waals surface area contributed by atoms with Gasteiger partial charge in [0.15, 0.2) is 0 Å². The van der Waals surface area contributed by atoms with E-state index in [0.717, 1.165) is 43.2 Å². The number of rotatable bonds is 1. The number of benzene rings is 1. The molecule has 2 fully saturated rings. The zero-order valence-corrected chi connectivity index (χ0v) is 14.5. The van der Waals surface area contributed by atoms with Crippen LogP contribution in [0.2, 0.25) is 0 Å². The van der Waals surface area contributed by atoms with Crippen molar-refractivity contribution < 1.29 is 9.90 Å². The molecule has 5 nitrogen and oxygen atoms in total. The summed E-state index contributed by atoms with van der Waals surface area (Å²) in [6, 6.07) is 5.54. The third-order valence-corrected chi connectivity index (χ3v) is 6.11. The number of likely N-dealkylation sites (tertiary alicyclic amines) is 1. The smallest absolute Gasteiger partial charge is 0.259 e. The van der Waals surface area contributed by atoms with Crippen LogP contribution in [0.15, 0.2) is 29.2 Å². The SMILES string of the molecule is Cc1cccc2c(=O)c(C(=O)N3CCC[C@]4(CCC[C@H]4O)C3)c[nH]c12. The maximum atomic E-state index is 13.0. The highest BCUT2D eigenvalue weighted by molar-refractivity contribution is 5.97. The summed E-state index contributed by atoms with van der Waals surface area (Å²) in [6.45, 7) is 3.15. The molecule has 0 bridgehead atoms. The van der Waals surface area contributed by atoms with Gasteiger partial charge in [0, 0.05) is 30.1 Å². The monoisotopic (exact) mass is 340 g/mol. The van der Waals surface area contributed by atoms with E-state index in [1.807, 2.05) is 19.1 Å². The highest BCUT2D eigenvalue weighted by Gasteiger charge is 2.45.